The summed E-state index contributed by atoms with van der Waals surface area (Å²) in [5.41, 5.74) is 2.94. The van der Waals surface area contributed by atoms with E-state index in [1.165, 1.54) is 12.1 Å². The quantitative estimate of drug-likeness (QED) is 0.781. The van der Waals surface area contributed by atoms with Gasteiger partial charge in [0.2, 0.25) is 0 Å². The molecule has 2 aromatic rings. The molecule has 0 spiro atoms. The molecule has 2 rings (SSSR count). The van der Waals surface area contributed by atoms with E-state index >= 15 is 0 Å². The van der Waals surface area contributed by atoms with E-state index < -0.39 is 5.41 Å². The van der Waals surface area contributed by atoms with Crippen molar-refractivity contribution in [3.8, 4) is 11.8 Å². The highest BCUT2D eigenvalue weighted by Gasteiger charge is 2.28. The molecule has 0 aromatic heterocycles. The van der Waals surface area contributed by atoms with Crippen LogP contribution in [0.3, 0.4) is 0 Å². The summed E-state index contributed by atoms with van der Waals surface area (Å²) in [6.45, 7) is 8.15. The van der Waals surface area contributed by atoms with Gasteiger partial charge >= 0.3 is 0 Å². The lowest BCUT2D eigenvalue weighted by atomic mass is 9.76. The molecule has 0 bridgehead atoms. The molecular weight excluding hydrogens is 289 g/mol. The molecule has 0 aliphatic carbocycles. The average Bonchev–Trinajstić information content (AvgIpc) is 2.53. The van der Waals surface area contributed by atoms with Crippen LogP contribution in [0.25, 0.3) is 0 Å². The minimum Gasteiger partial charge on any atom is -0.496 e. The summed E-state index contributed by atoms with van der Waals surface area (Å²) in [4.78, 5) is 0. The molecule has 0 radical (unpaired) electrons. The van der Waals surface area contributed by atoms with Crippen LogP contribution in [0.1, 0.15) is 55.9 Å². The van der Waals surface area contributed by atoms with Gasteiger partial charge in [-0.05, 0) is 41.3 Å². The maximum absolute atomic E-state index is 13.7. The SMILES string of the molecule is COc1ccc(F)cc1C(C)(C)c1ccc(C(C)C)c(C#N)c1. The highest BCUT2D eigenvalue weighted by Crippen LogP contribution is 2.38. The van der Waals surface area contributed by atoms with E-state index in [2.05, 4.69) is 19.9 Å². The average molecular weight is 311 g/mol. The van der Waals surface area contributed by atoms with Crippen LogP contribution in [-0.2, 0) is 5.41 Å². The summed E-state index contributed by atoms with van der Waals surface area (Å²) < 4.78 is 19.1. The van der Waals surface area contributed by atoms with Gasteiger partial charge in [-0.2, -0.15) is 5.26 Å². The first kappa shape index (κ1) is 17.0. The molecule has 0 aliphatic heterocycles. The molecule has 0 saturated carbocycles. The van der Waals surface area contributed by atoms with Gasteiger partial charge in [-0.15, -0.1) is 0 Å². The van der Waals surface area contributed by atoms with Crippen LogP contribution in [-0.4, -0.2) is 7.11 Å². The number of nitriles is 1. The molecule has 0 N–H and O–H groups in total. The maximum Gasteiger partial charge on any atom is 0.123 e. The van der Waals surface area contributed by atoms with E-state index in [0.717, 1.165) is 16.7 Å². The van der Waals surface area contributed by atoms with Gasteiger partial charge in [-0.1, -0.05) is 39.8 Å². The third-order valence-corrected chi connectivity index (χ3v) is 4.35. The van der Waals surface area contributed by atoms with Gasteiger partial charge in [0.25, 0.3) is 0 Å². The number of nitrogens with zero attached hydrogens (tertiary/aromatic N) is 1. The smallest absolute Gasteiger partial charge is 0.123 e. The molecule has 2 nitrogen and oxygen atoms in total. The summed E-state index contributed by atoms with van der Waals surface area (Å²) in [7, 11) is 1.58. The van der Waals surface area contributed by atoms with Gasteiger partial charge < -0.3 is 4.74 Å². The van der Waals surface area contributed by atoms with Crippen LogP contribution in [0, 0.1) is 17.1 Å². The zero-order chi connectivity index (χ0) is 17.2. The van der Waals surface area contributed by atoms with Crippen molar-refractivity contribution in [2.24, 2.45) is 0 Å². The lowest BCUT2D eigenvalue weighted by molar-refractivity contribution is 0.399. The Labute approximate surface area is 137 Å². The highest BCUT2D eigenvalue weighted by atomic mass is 19.1. The van der Waals surface area contributed by atoms with Crippen molar-refractivity contribution in [3.63, 3.8) is 0 Å². The van der Waals surface area contributed by atoms with Crippen molar-refractivity contribution in [1.82, 2.24) is 0 Å². The van der Waals surface area contributed by atoms with Crippen molar-refractivity contribution in [3.05, 3.63) is 64.5 Å². The van der Waals surface area contributed by atoms with Crippen LogP contribution < -0.4 is 4.74 Å². The second-order valence-corrected chi connectivity index (χ2v) is 6.54. The Morgan fingerprint density at radius 1 is 1.13 bits per heavy atom. The predicted octanol–water partition coefficient (Wildman–Crippen LogP) is 5.16. The lowest BCUT2D eigenvalue weighted by Crippen LogP contribution is -2.20. The minimum atomic E-state index is -0.478. The van der Waals surface area contributed by atoms with Crippen LogP contribution in [0.5, 0.6) is 5.75 Å². The first-order valence-electron chi connectivity index (χ1n) is 7.69. The largest absolute Gasteiger partial charge is 0.496 e. The first-order valence-corrected chi connectivity index (χ1v) is 7.69. The van der Waals surface area contributed by atoms with Gasteiger partial charge in [0.05, 0.1) is 18.7 Å². The second-order valence-electron chi connectivity index (χ2n) is 6.54. The van der Waals surface area contributed by atoms with Crippen molar-refractivity contribution >= 4 is 0 Å². The Kier molecular flexibility index (Phi) is 4.75. The van der Waals surface area contributed by atoms with Crippen molar-refractivity contribution in [2.75, 3.05) is 7.11 Å². The van der Waals surface area contributed by atoms with Crippen molar-refractivity contribution in [1.29, 1.82) is 5.26 Å². The van der Waals surface area contributed by atoms with Crippen LogP contribution in [0.15, 0.2) is 36.4 Å². The normalized spacial score (nSPS) is 11.4. The number of hydrogen-bond acceptors (Lipinski definition) is 2. The fourth-order valence-electron chi connectivity index (χ4n) is 2.87. The van der Waals surface area contributed by atoms with E-state index in [4.69, 9.17) is 4.74 Å². The molecular formula is C20H22FNO. The molecule has 0 saturated heterocycles. The standard InChI is InChI=1S/C20H22FNO/c1-13(2)17-8-6-15(10-14(17)12-22)20(3,4)18-11-16(21)7-9-19(18)23-5/h6-11,13H,1-5H3. The van der Waals surface area contributed by atoms with E-state index in [1.54, 1.807) is 13.2 Å². The van der Waals surface area contributed by atoms with Gasteiger partial charge in [0.1, 0.15) is 11.6 Å². The Balaban J connectivity index is 2.61. The third-order valence-electron chi connectivity index (χ3n) is 4.35. The number of rotatable bonds is 4. The second kappa shape index (κ2) is 6.42. The van der Waals surface area contributed by atoms with Gasteiger partial charge in [0, 0.05) is 11.0 Å². The Hall–Kier alpha value is -2.34. The molecule has 3 heteroatoms. The Morgan fingerprint density at radius 3 is 2.39 bits per heavy atom. The molecule has 120 valence electrons. The summed E-state index contributed by atoms with van der Waals surface area (Å²) in [5, 5.41) is 9.44. The van der Waals surface area contributed by atoms with Crippen molar-refractivity contribution < 1.29 is 9.13 Å². The van der Waals surface area contributed by atoms with Gasteiger partial charge in [-0.3, -0.25) is 0 Å². The van der Waals surface area contributed by atoms with E-state index in [1.807, 2.05) is 32.0 Å². The fraction of sp³-hybridized carbons (Fsp3) is 0.350. The molecule has 0 aliphatic rings. The molecule has 2 aromatic carbocycles. The molecule has 0 atom stereocenters. The topological polar surface area (TPSA) is 33.0 Å². The monoisotopic (exact) mass is 311 g/mol. The molecule has 0 fully saturated rings. The number of methoxy groups -OCH3 is 1. The highest BCUT2D eigenvalue weighted by molar-refractivity contribution is 5.50. The third kappa shape index (κ3) is 3.22. The minimum absolute atomic E-state index is 0.283. The lowest BCUT2D eigenvalue weighted by Gasteiger charge is -2.28. The summed E-state index contributed by atoms with van der Waals surface area (Å²) in [5.74, 6) is 0.626. The molecule has 0 heterocycles. The number of halogens is 1. The Morgan fingerprint density at radius 2 is 1.83 bits per heavy atom. The summed E-state index contributed by atoms with van der Waals surface area (Å²) in [6, 6.07) is 12.7. The van der Waals surface area contributed by atoms with Gasteiger partial charge in [0.15, 0.2) is 0 Å². The molecule has 0 unspecified atom stereocenters. The zero-order valence-corrected chi connectivity index (χ0v) is 14.3. The number of benzene rings is 2. The molecule has 0 amide bonds. The summed E-state index contributed by atoms with van der Waals surface area (Å²) >= 11 is 0. The predicted molar refractivity (Wildman–Crippen MR) is 90.3 cm³/mol. The van der Waals surface area contributed by atoms with E-state index in [0.29, 0.717) is 11.3 Å². The maximum atomic E-state index is 13.7. The van der Waals surface area contributed by atoms with E-state index in [-0.39, 0.29) is 11.7 Å². The summed E-state index contributed by atoms with van der Waals surface area (Å²) in [6.07, 6.45) is 0. The first-order chi connectivity index (χ1) is 10.8. The zero-order valence-electron chi connectivity index (χ0n) is 14.3. The van der Waals surface area contributed by atoms with E-state index in [9.17, 15) is 9.65 Å². The number of hydrogen-bond donors (Lipinski definition) is 0. The van der Waals surface area contributed by atoms with Crippen LogP contribution in [0.4, 0.5) is 4.39 Å². The van der Waals surface area contributed by atoms with Crippen molar-refractivity contribution in [2.45, 2.75) is 39.0 Å². The van der Waals surface area contributed by atoms with Crippen LogP contribution in [0.2, 0.25) is 0 Å². The fourth-order valence-corrected chi connectivity index (χ4v) is 2.87. The number of ether oxygens (including phenoxy) is 1. The Bertz CT molecular complexity index is 757. The van der Waals surface area contributed by atoms with Gasteiger partial charge in [-0.25, -0.2) is 4.39 Å². The van der Waals surface area contributed by atoms with Crippen LogP contribution >= 0.6 is 0 Å². The molecule has 23 heavy (non-hydrogen) atoms.